The Bertz CT molecular complexity index is 603. The predicted molar refractivity (Wildman–Crippen MR) is 79.3 cm³/mol. The number of ether oxygens (including phenoxy) is 2. The lowest BCUT2D eigenvalue weighted by molar-refractivity contribution is 0.0335. The molecule has 21 heavy (non-hydrogen) atoms. The number of benzene rings is 1. The van der Waals surface area contributed by atoms with Crippen LogP contribution in [0.15, 0.2) is 28.7 Å². The zero-order chi connectivity index (χ0) is 14.7. The highest BCUT2D eigenvalue weighted by molar-refractivity contribution is 5.62. The number of nitrogens with zero attached hydrogens (tertiary/aromatic N) is 2. The minimum atomic E-state index is 0.619. The van der Waals surface area contributed by atoms with Gasteiger partial charge in [-0.3, -0.25) is 4.90 Å². The van der Waals surface area contributed by atoms with Crippen LogP contribution in [0.3, 0.4) is 0 Å². The molecule has 0 N–H and O–H groups in total. The van der Waals surface area contributed by atoms with Crippen molar-refractivity contribution in [1.82, 2.24) is 9.88 Å². The lowest BCUT2D eigenvalue weighted by Crippen LogP contribution is -2.35. The largest absolute Gasteiger partial charge is 0.496 e. The summed E-state index contributed by atoms with van der Waals surface area (Å²) in [7, 11) is 1.66. The highest BCUT2D eigenvalue weighted by Crippen LogP contribution is 2.30. The van der Waals surface area contributed by atoms with Crippen LogP contribution < -0.4 is 4.74 Å². The van der Waals surface area contributed by atoms with Gasteiger partial charge in [0.05, 0.1) is 31.6 Å². The van der Waals surface area contributed by atoms with E-state index in [2.05, 4.69) is 9.88 Å². The van der Waals surface area contributed by atoms with Crippen LogP contribution in [0, 0.1) is 6.92 Å². The lowest BCUT2D eigenvalue weighted by Gasteiger charge is -2.25. The first-order valence-corrected chi connectivity index (χ1v) is 7.17. The van der Waals surface area contributed by atoms with Gasteiger partial charge in [-0.2, -0.15) is 0 Å². The number of hydrogen-bond acceptors (Lipinski definition) is 5. The molecule has 0 aliphatic carbocycles. The van der Waals surface area contributed by atoms with Crippen LogP contribution in [0.4, 0.5) is 0 Å². The summed E-state index contributed by atoms with van der Waals surface area (Å²) in [6.45, 7) is 6.22. The Hall–Kier alpha value is -1.85. The molecule has 2 aromatic rings. The van der Waals surface area contributed by atoms with Crippen molar-refractivity contribution in [3.05, 3.63) is 35.7 Å². The van der Waals surface area contributed by atoms with E-state index >= 15 is 0 Å². The van der Waals surface area contributed by atoms with Crippen molar-refractivity contribution < 1.29 is 13.9 Å². The summed E-state index contributed by atoms with van der Waals surface area (Å²) in [4.78, 5) is 6.99. The number of rotatable bonds is 4. The van der Waals surface area contributed by atoms with Gasteiger partial charge in [0, 0.05) is 19.6 Å². The van der Waals surface area contributed by atoms with E-state index in [-0.39, 0.29) is 0 Å². The molecule has 1 aliphatic heterocycles. The van der Waals surface area contributed by atoms with Crippen molar-refractivity contribution in [1.29, 1.82) is 0 Å². The summed E-state index contributed by atoms with van der Waals surface area (Å²) >= 11 is 0. The number of oxazole rings is 1. The third-order valence-electron chi connectivity index (χ3n) is 3.71. The van der Waals surface area contributed by atoms with Crippen LogP contribution in [0.1, 0.15) is 11.5 Å². The Morgan fingerprint density at radius 2 is 2.00 bits per heavy atom. The number of aryl methyl sites for hydroxylation is 1. The van der Waals surface area contributed by atoms with E-state index in [1.807, 2.05) is 31.2 Å². The third-order valence-corrected chi connectivity index (χ3v) is 3.71. The second-order valence-electron chi connectivity index (χ2n) is 5.11. The van der Waals surface area contributed by atoms with E-state index in [0.717, 1.165) is 55.6 Å². The van der Waals surface area contributed by atoms with Gasteiger partial charge >= 0.3 is 0 Å². The van der Waals surface area contributed by atoms with E-state index in [0.29, 0.717) is 5.89 Å². The molecule has 1 aromatic heterocycles. The SMILES string of the molecule is COc1ccccc1-c1nc(CN2CCOCC2)c(C)o1. The standard InChI is InChI=1S/C16H20N2O3/c1-12-14(11-18-7-9-20-10-8-18)17-16(21-12)13-5-3-4-6-15(13)19-2/h3-6H,7-11H2,1-2H3. The maximum atomic E-state index is 5.84. The van der Waals surface area contributed by atoms with E-state index in [9.17, 15) is 0 Å². The molecule has 112 valence electrons. The molecule has 0 unspecified atom stereocenters. The number of methoxy groups -OCH3 is 1. The summed E-state index contributed by atoms with van der Waals surface area (Å²) in [6, 6.07) is 7.77. The number of hydrogen-bond donors (Lipinski definition) is 0. The second-order valence-corrected chi connectivity index (χ2v) is 5.11. The summed E-state index contributed by atoms with van der Waals surface area (Å²) in [5.74, 6) is 2.26. The molecule has 1 saturated heterocycles. The van der Waals surface area contributed by atoms with Gasteiger partial charge in [-0.1, -0.05) is 12.1 Å². The summed E-state index contributed by atoms with van der Waals surface area (Å²) in [6.07, 6.45) is 0. The maximum absolute atomic E-state index is 5.84. The first kappa shape index (κ1) is 14.1. The fourth-order valence-corrected chi connectivity index (χ4v) is 2.48. The zero-order valence-corrected chi connectivity index (χ0v) is 12.5. The molecule has 0 bridgehead atoms. The molecule has 0 spiro atoms. The van der Waals surface area contributed by atoms with Gasteiger partial charge < -0.3 is 13.9 Å². The molecular formula is C16H20N2O3. The average Bonchev–Trinajstić information content (AvgIpc) is 2.89. The topological polar surface area (TPSA) is 47.7 Å². The minimum absolute atomic E-state index is 0.619. The monoisotopic (exact) mass is 288 g/mol. The van der Waals surface area contributed by atoms with Gasteiger partial charge in [-0.05, 0) is 19.1 Å². The Kier molecular flexibility index (Phi) is 4.22. The molecule has 1 aliphatic rings. The molecule has 3 rings (SSSR count). The first-order chi connectivity index (χ1) is 10.3. The lowest BCUT2D eigenvalue weighted by atomic mass is 10.2. The van der Waals surface area contributed by atoms with Crippen LogP contribution in [0.2, 0.25) is 0 Å². The van der Waals surface area contributed by atoms with Gasteiger partial charge in [0.25, 0.3) is 0 Å². The molecule has 0 amide bonds. The van der Waals surface area contributed by atoms with Crippen molar-refractivity contribution >= 4 is 0 Å². The molecule has 0 radical (unpaired) electrons. The minimum Gasteiger partial charge on any atom is -0.496 e. The molecule has 5 heteroatoms. The van der Waals surface area contributed by atoms with E-state index in [1.54, 1.807) is 7.11 Å². The average molecular weight is 288 g/mol. The van der Waals surface area contributed by atoms with Crippen molar-refractivity contribution in [3.8, 4) is 17.2 Å². The van der Waals surface area contributed by atoms with Gasteiger partial charge in [0.2, 0.25) is 5.89 Å². The zero-order valence-electron chi connectivity index (χ0n) is 12.5. The van der Waals surface area contributed by atoms with Crippen LogP contribution in [0.5, 0.6) is 5.75 Å². The van der Waals surface area contributed by atoms with Crippen LogP contribution in [0.25, 0.3) is 11.5 Å². The normalized spacial score (nSPS) is 16.1. The van der Waals surface area contributed by atoms with Crippen LogP contribution >= 0.6 is 0 Å². The molecule has 2 heterocycles. The van der Waals surface area contributed by atoms with Crippen molar-refractivity contribution in [2.24, 2.45) is 0 Å². The highest BCUT2D eigenvalue weighted by Gasteiger charge is 2.18. The van der Waals surface area contributed by atoms with E-state index in [1.165, 1.54) is 0 Å². The number of aromatic nitrogens is 1. The highest BCUT2D eigenvalue weighted by atomic mass is 16.5. The summed E-state index contributed by atoms with van der Waals surface area (Å²) in [5.41, 5.74) is 1.87. The first-order valence-electron chi connectivity index (χ1n) is 7.17. The van der Waals surface area contributed by atoms with Crippen LogP contribution in [-0.4, -0.2) is 43.3 Å². The summed E-state index contributed by atoms with van der Waals surface area (Å²) < 4.78 is 16.6. The van der Waals surface area contributed by atoms with Crippen LogP contribution in [-0.2, 0) is 11.3 Å². The molecule has 0 atom stereocenters. The van der Waals surface area contributed by atoms with Crippen molar-refractivity contribution in [2.45, 2.75) is 13.5 Å². The molecule has 1 aromatic carbocycles. The van der Waals surface area contributed by atoms with Crippen molar-refractivity contribution in [3.63, 3.8) is 0 Å². The fraction of sp³-hybridized carbons (Fsp3) is 0.438. The second kappa shape index (κ2) is 6.28. The molecule has 0 saturated carbocycles. The number of para-hydroxylation sites is 1. The van der Waals surface area contributed by atoms with E-state index < -0.39 is 0 Å². The summed E-state index contributed by atoms with van der Waals surface area (Å²) in [5, 5.41) is 0. The quantitative estimate of drug-likeness (QED) is 0.865. The van der Waals surface area contributed by atoms with E-state index in [4.69, 9.17) is 13.9 Å². The molecule has 1 fully saturated rings. The Balaban J connectivity index is 1.83. The Labute approximate surface area is 124 Å². The van der Waals surface area contributed by atoms with Gasteiger partial charge in [-0.25, -0.2) is 4.98 Å². The predicted octanol–water partition coefficient (Wildman–Crippen LogP) is 2.49. The maximum Gasteiger partial charge on any atom is 0.230 e. The Morgan fingerprint density at radius 3 is 2.76 bits per heavy atom. The van der Waals surface area contributed by atoms with Crippen molar-refractivity contribution in [2.75, 3.05) is 33.4 Å². The molecule has 5 nitrogen and oxygen atoms in total. The molecular weight excluding hydrogens is 268 g/mol. The smallest absolute Gasteiger partial charge is 0.230 e. The van der Waals surface area contributed by atoms with Gasteiger partial charge in [0.1, 0.15) is 11.5 Å². The van der Waals surface area contributed by atoms with Gasteiger partial charge in [0.15, 0.2) is 0 Å². The fourth-order valence-electron chi connectivity index (χ4n) is 2.48. The van der Waals surface area contributed by atoms with Gasteiger partial charge in [-0.15, -0.1) is 0 Å². The number of morpholine rings is 1. The Morgan fingerprint density at radius 1 is 1.24 bits per heavy atom. The third kappa shape index (κ3) is 3.09.